The predicted molar refractivity (Wildman–Crippen MR) is 80.2 cm³/mol. The summed E-state index contributed by atoms with van der Waals surface area (Å²) in [5.41, 5.74) is 10.4. The number of fused-ring (bicyclic) bond motifs is 3. The first-order valence-electron chi connectivity index (χ1n) is 6.64. The van der Waals surface area contributed by atoms with Gasteiger partial charge in [-0.3, -0.25) is 4.98 Å². The second-order valence-electron chi connectivity index (χ2n) is 4.90. The van der Waals surface area contributed by atoms with E-state index in [1.165, 1.54) is 11.1 Å². The van der Waals surface area contributed by atoms with Crippen molar-refractivity contribution in [3.8, 4) is 0 Å². The van der Waals surface area contributed by atoms with Crippen LogP contribution < -0.4 is 5.73 Å². The van der Waals surface area contributed by atoms with Crippen molar-refractivity contribution in [2.24, 2.45) is 0 Å². The highest BCUT2D eigenvalue weighted by molar-refractivity contribution is 6.09. The van der Waals surface area contributed by atoms with Gasteiger partial charge in [0.05, 0.1) is 5.52 Å². The number of aromatic nitrogens is 2. The third kappa shape index (κ3) is 1.82. The molecular weight excluding hydrogens is 234 g/mol. The Bertz CT molecular complexity index is 763. The Morgan fingerprint density at radius 1 is 1.21 bits per heavy atom. The van der Waals surface area contributed by atoms with E-state index in [1.807, 2.05) is 24.4 Å². The lowest BCUT2D eigenvalue weighted by atomic mass is 9.99. The van der Waals surface area contributed by atoms with E-state index in [0.717, 1.165) is 34.6 Å². The van der Waals surface area contributed by atoms with Crippen molar-refractivity contribution in [3.63, 3.8) is 0 Å². The second-order valence-corrected chi connectivity index (χ2v) is 4.90. The zero-order valence-electron chi connectivity index (χ0n) is 11.3. The van der Waals surface area contributed by atoms with Crippen LogP contribution in [0.2, 0.25) is 0 Å². The lowest BCUT2D eigenvalue weighted by Gasteiger charge is -2.11. The van der Waals surface area contributed by atoms with Gasteiger partial charge in [-0.05, 0) is 30.5 Å². The standard InChI is InChI=1S/C16H17N3/c1-3-6-11-9-18-15-14(10(11)2)12-7-4-5-8-13(12)19-16(15)17/h4-5,7-9H,3,6H2,1-2H3,(H2,17,19). The van der Waals surface area contributed by atoms with Crippen molar-refractivity contribution in [3.05, 3.63) is 41.6 Å². The molecule has 3 aromatic rings. The van der Waals surface area contributed by atoms with Crippen LogP contribution in [0.5, 0.6) is 0 Å². The number of nitrogens with zero attached hydrogens (tertiary/aromatic N) is 2. The molecule has 0 aliphatic carbocycles. The van der Waals surface area contributed by atoms with Gasteiger partial charge in [-0.15, -0.1) is 0 Å². The fourth-order valence-electron chi connectivity index (χ4n) is 2.65. The molecule has 2 N–H and O–H groups in total. The summed E-state index contributed by atoms with van der Waals surface area (Å²) >= 11 is 0. The largest absolute Gasteiger partial charge is 0.382 e. The Balaban J connectivity index is 2.48. The summed E-state index contributed by atoms with van der Waals surface area (Å²) in [6.07, 6.45) is 4.10. The van der Waals surface area contributed by atoms with Gasteiger partial charge in [0, 0.05) is 17.0 Å². The Kier molecular flexibility index (Phi) is 2.82. The van der Waals surface area contributed by atoms with E-state index in [4.69, 9.17) is 5.73 Å². The fourth-order valence-corrected chi connectivity index (χ4v) is 2.65. The van der Waals surface area contributed by atoms with Crippen molar-refractivity contribution in [1.82, 2.24) is 9.97 Å². The molecule has 0 saturated carbocycles. The molecule has 0 fully saturated rings. The topological polar surface area (TPSA) is 51.8 Å². The number of anilines is 1. The maximum absolute atomic E-state index is 6.04. The summed E-state index contributed by atoms with van der Waals surface area (Å²) in [6, 6.07) is 8.11. The van der Waals surface area contributed by atoms with Gasteiger partial charge in [0.25, 0.3) is 0 Å². The average molecular weight is 251 g/mol. The molecule has 0 bridgehead atoms. The van der Waals surface area contributed by atoms with Crippen LogP contribution in [-0.2, 0) is 6.42 Å². The van der Waals surface area contributed by atoms with Crippen LogP contribution in [0.4, 0.5) is 5.82 Å². The maximum Gasteiger partial charge on any atom is 0.150 e. The molecular formula is C16H17N3. The van der Waals surface area contributed by atoms with E-state index in [9.17, 15) is 0 Å². The normalized spacial score (nSPS) is 11.3. The van der Waals surface area contributed by atoms with Crippen LogP contribution in [0.25, 0.3) is 21.8 Å². The first kappa shape index (κ1) is 11.9. The lowest BCUT2D eigenvalue weighted by Crippen LogP contribution is -1.99. The van der Waals surface area contributed by atoms with Crippen LogP contribution in [-0.4, -0.2) is 9.97 Å². The summed E-state index contributed by atoms with van der Waals surface area (Å²) < 4.78 is 0. The number of aryl methyl sites for hydroxylation is 2. The quantitative estimate of drug-likeness (QED) is 0.708. The lowest BCUT2D eigenvalue weighted by molar-refractivity contribution is 0.909. The highest BCUT2D eigenvalue weighted by Gasteiger charge is 2.11. The molecule has 0 unspecified atom stereocenters. The summed E-state index contributed by atoms with van der Waals surface area (Å²) in [4.78, 5) is 8.96. The number of benzene rings is 1. The van der Waals surface area contributed by atoms with Crippen LogP contribution in [0.1, 0.15) is 24.5 Å². The van der Waals surface area contributed by atoms with Crippen LogP contribution in [0.15, 0.2) is 30.5 Å². The van der Waals surface area contributed by atoms with E-state index in [0.29, 0.717) is 5.82 Å². The number of pyridine rings is 2. The van der Waals surface area contributed by atoms with Crippen LogP contribution in [0.3, 0.4) is 0 Å². The van der Waals surface area contributed by atoms with E-state index in [2.05, 4.69) is 29.9 Å². The molecule has 0 atom stereocenters. The van der Waals surface area contributed by atoms with Gasteiger partial charge in [0.2, 0.25) is 0 Å². The Labute approximate surface area is 112 Å². The summed E-state index contributed by atoms with van der Waals surface area (Å²) in [5.74, 6) is 0.514. The van der Waals surface area contributed by atoms with Gasteiger partial charge < -0.3 is 5.73 Å². The molecule has 96 valence electrons. The van der Waals surface area contributed by atoms with Gasteiger partial charge in [-0.1, -0.05) is 31.5 Å². The van der Waals surface area contributed by atoms with Gasteiger partial charge in [0.1, 0.15) is 5.52 Å². The van der Waals surface area contributed by atoms with Crippen molar-refractivity contribution < 1.29 is 0 Å². The monoisotopic (exact) mass is 251 g/mol. The number of rotatable bonds is 2. The number of hydrogen-bond donors (Lipinski definition) is 1. The van der Waals surface area contributed by atoms with Gasteiger partial charge in [0.15, 0.2) is 5.82 Å². The van der Waals surface area contributed by atoms with Crippen molar-refractivity contribution in [2.75, 3.05) is 5.73 Å². The molecule has 0 amide bonds. The van der Waals surface area contributed by atoms with Crippen LogP contribution in [0, 0.1) is 6.92 Å². The van der Waals surface area contributed by atoms with Gasteiger partial charge in [-0.2, -0.15) is 0 Å². The second kappa shape index (κ2) is 4.50. The van der Waals surface area contributed by atoms with Crippen molar-refractivity contribution >= 4 is 27.6 Å². The maximum atomic E-state index is 6.04. The fraction of sp³-hybridized carbons (Fsp3) is 0.250. The SMILES string of the molecule is CCCc1cnc2c(N)nc3ccccc3c2c1C. The number of hydrogen-bond acceptors (Lipinski definition) is 3. The average Bonchev–Trinajstić information content (AvgIpc) is 2.42. The molecule has 0 saturated heterocycles. The third-order valence-corrected chi connectivity index (χ3v) is 3.62. The van der Waals surface area contributed by atoms with Crippen molar-refractivity contribution in [1.29, 1.82) is 0 Å². The molecule has 3 heteroatoms. The zero-order chi connectivity index (χ0) is 13.4. The first-order chi connectivity index (χ1) is 9.22. The minimum absolute atomic E-state index is 0.514. The number of nitrogens with two attached hydrogens (primary N) is 1. The third-order valence-electron chi connectivity index (χ3n) is 3.62. The predicted octanol–water partition coefficient (Wildman–Crippen LogP) is 3.63. The Morgan fingerprint density at radius 3 is 2.79 bits per heavy atom. The Morgan fingerprint density at radius 2 is 2.00 bits per heavy atom. The molecule has 0 aliphatic rings. The Hall–Kier alpha value is -2.16. The zero-order valence-corrected chi connectivity index (χ0v) is 11.3. The highest BCUT2D eigenvalue weighted by Crippen LogP contribution is 2.30. The molecule has 19 heavy (non-hydrogen) atoms. The molecule has 3 rings (SSSR count). The molecule has 2 aromatic heterocycles. The van der Waals surface area contributed by atoms with Crippen molar-refractivity contribution in [2.45, 2.75) is 26.7 Å². The summed E-state index contributed by atoms with van der Waals surface area (Å²) in [7, 11) is 0. The van der Waals surface area contributed by atoms with Gasteiger partial charge in [-0.25, -0.2) is 4.98 Å². The summed E-state index contributed by atoms with van der Waals surface area (Å²) in [6.45, 7) is 4.34. The molecule has 3 nitrogen and oxygen atoms in total. The van der Waals surface area contributed by atoms with E-state index in [-0.39, 0.29) is 0 Å². The van der Waals surface area contributed by atoms with E-state index in [1.54, 1.807) is 0 Å². The highest BCUT2D eigenvalue weighted by atomic mass is 14.9. The molecule has 0 aliphatic heterocycles. The summed E-state index contributed by atoms with van der Waals surface area (Å²) in [5, 5.41) is 2.28. The first-order valence-corrected chi connectivity index (χ1v) is 6.64. The smallest absolute Gasteiger partial charge is 0.150 e. The molecule has 2 heterocycles. The molecule has 1 aromatic carbocycles. The number of nitrogen functional groups attached to an aromatic ring is 1. The molecule has 0 spiro atoms. The minimum atomic E-state index is 0.514. The van der Waals surface area contributed by atoms with E-state index < -0.39 is 0 Å². The minimum Gasteiger partial charge on any atom is -0.382 e. The van der Waals surface area contributed by atoms with E-state index >= 15 is 0 Å². The van der Waals surface area contributed by atoms with Gasteiger partial charge >= 0.3 is 0 Å². The van der Waals surface area contributed by atoms with Crippen LogP contribution >= 0.6 is 0 Å². The number of para-hydroxylation sites is 1. The molecule has 0 radical (unpaired) electrons.